The predicted molar refractivity (Wildman–Crippen MR) is 74.7 cm³/mol. The Hall–Kier alpha value is -1.75. The fourth-order valence-corrected chi connectivity index (χ4v) is 2.57. The van der Waals surface area contributed by atoms with Crippen LogP contribution in [0.3, 0.4) is 0 Å². The smallest absolute Gasteiger partial charge is 0.337 e. The van der Waals surface area contributed by atoms with Crippen LogP contribution in [-0.2, 0) is 4.74 Å². The van der Waals surface area contributed by atoms with Crippen LogP contribution in [0.25, 0.3) is 0 Å². The van der Waals surface area contributed by atoms with E-state index >= 15 is 0 Å². The van der Waals surface area contributed by atoms with Gasteiger partial charge in [-0.05, 0) is 31.9 Å². The van der Waals surface area contributed by atoms with Crippen LogP contribution in [0.4, 0.5) is 11.4 Å². The van der Waals surface area contributed by atoms with Crippen LogP contribution >= 0.6 is 0 Å². The van der Waals surface area contributed by atoms with Crippen LogP contribution in [-0.4, -0.2) is 36.9 Å². The zero-order chi connectivity index (χ0) is 13.8. The van der Waals surface area contributed by atoms with Gasteiger partial charge in [-0.2, -0.15) is 0 Å². The number of carbonyl (C=O) groups is 1. The number of hydrogen-bond donors (Lipinski definition) is 2. The van der Waals surface area contributed by atoms with Gasteiger partial charge >= 0.3 is 5.97 Å². The van der Waals surface area contributed by atoms with Gasteiger partial charge < -0.3 is 20.5 Å². The molecule has 0 aliphatic carbocycles. The van der Waals surface area contributed by atoms with E-state index in [1.807, 2.05) is 11.8 Å². The molecule has 0 atom stereocenters. The van der Waals surface area contributed by atoms with Gasteiger partial charge in [0.05, 0.1) is 23.0 Å². The average Bonchev–Trinajstić information content (AvgIpc) is 2.40. The molecule has 0 unspecified atom stereocenters. The normalized spacial score (nSPS) is 16.6. The molecule has 1 aliphatic rings. The van der Waals surface area contributed by atoms with Crippen molar-refractivity contribution < 1.29 is 14.6 Å². The Morgan fingerprint density at radius 2 is 2.16 bits per heavy atom. The number of nitrogen functional groups attached to an aromatic ring is 1. The van der Waals surface area contributed by atoms with Crippen molar-refractivity contribution in [3.05, 3.63) is 23.8 Å². The van der Waals surface area contributed by atoms with Crippen LogP contribution in [0.1, 0.15) is 30.1 Å². The molecular weight excluding hydrogens is 244 g/mol. The minimum atomic E-state index is -0.936. The number of ether oxygens (including phenoxy) is 1. The Morgan fingerprint density at radius 3 is 2.74 bits per heavy atom. The third-order valence-electron chi connectivity index (χ3n) is 3.46. The molecule has 1 heterocycles. The van der Waals surface area contributed by atoms with Crippen molar-refractivity contribution in [2.75, 3.05) is 30.3 Å². The monoisotopic (exact) mass is 264 g/mol. The fraction of sp³-hybridized carbons (Fsp3) is 0.500. The van der Waals surface area contributed by atoms with Crippen molar-refractivity contribution in [2.45, 2.75) is 25.9 Å². The summed E-state index contributed by atoms with van der Waals surface area (Å²) in [5.74, 6) is -0.936. The van der Waals surface area contributed by atoms with Gasteiger partial charge in [0, 0.05) is 19.7 Å². The van der Waals surface area contributed by atoms with E-state index in [1.165, 1.54) is 0 Å². The first-order valence-electron chi connectivity index (χ1n) is 6.61. The molecule has 5 heteroatoms. The second-order valence-electron chi connectivity index (χ2n) is 4.69. The minimum absolute atomic E-state index is 0.273. The predicted octanol–water partition coefficient (Wildman–Crippen LogP) is 1.97. The maximum atomic E-state index is 11.3. The van der Waals surface area contributed by atoms with Gasteiger partial charge in [-0.3, -0.25) is 0 Å². The number of para-hydroxylation sites is 1. The molecule has 1 aromatic carbocycles. The summed E-state index contributed by atoms with van der Waals surface area (Å²) in [6, 6.07) is 5.02. The lowest BCUT2D eigenvalue weighted by molar-refractivity contribution is 0.0459. The van der Waals surface area contributed by atoms with Gasteiger partial charge in [0.1, 0.15) is 0 Å². The Balaban J connectivity index is 2.17. The second kappa shape index (κ2) is 5.93. The van der Waals surface area contributed by atoms with Gasteiger partial charge in [0.15, 0.2) is 0 Å². The third-order valence-corrected chi connectivity index (χ3v) is 3.46. The molecule has 0 spiro atoms. The highest BCUT2D eigenvalue weighted by Gasteiger charge is 2.24. The number of aromatic carboxylic acids is 1. The molecule has 1 aromatic rings. The van der Waals surface area contributed by atoms with E-state index in [1.54, 1.807) is 18.2 Å². The van der Waals surface area contributed by atoms with Crippen LogP contribution in [0.2, 0.25) is 0 Å². The Kier molecular flexibility index (Phi) is 4.27. The molecule has 3 N–H and O–H groups in total. The third kappa shape index (κ3) is 2.98. The molecule has 19 heavy (non-hydrogen) atoms. The van der Waals surface area contributed by atoms with Crippen LogP contribution < -0.4 is 10.6 Å². The van der Waals surface area contributed by atoms with Gasteiger partial charge in [-0.25, -0.2) is 4.79 Å². The molecule has 104 valence electrons. The Labute approximate surface area is 113 Å². The maximum Gasteiger partial charge on any atom is 0.337 e. The molecule has 0 saturated carbocycles. The largest absolute Gasteiger partial charge is 0.478 e. The first-order chi connectivity index (χ1) is 9.13. The van der Waals surface area contributed by atoms with E-state index in [-0.39, 0.29) is 11.7 Å². The number of carboxylic acid groups (broad SMARTS) is 1. The number of rotatable bonds is 4. The van der Waals surface area contributed by atoms with Crippen LogP contribution in [0.15, 0.2) is 18.2 Å². The maximum absolute atomic E-state index is 11.3. The standard InChI is InChI=1S/C14H20N2O3/c1-2-19-10-6-8-16(9-7-10)13-11(14(17)18)4-3-5-12(13)15/h3-5,10H,2,6-9,15H2,1H3,(H,17,18). The first kappa shape index (κ1) is 13.7. The van der Waals surface area contributed by atoms with E-state index in [2.05, 4.69) is 0 Å². The summed E-state index contributed by atoms with van der Waals surface area (Å²) in [6.07, 6.45) is 2.09. The molecule has 0 aromatic heterocycles. The van der Waals surface area contributed by atoms with E-state index in [0.29, 0.717) is 11.4 Å². The first-order valence-corrected chi connectivity index (χ1v) is 6.61. The highest BCUT2D eigenvalue weighted by molar-refractivity contribution is 5.98. The summed E-state index contributed by atoms with van der Waals surface area (Å²) in [4.78, 5) is 13.3. The highest BCUT2D eigenvalue weighted by Crippen LogP contribution is 2.30. The molecule has 1 saturated heterocycles. The topological polar surface area (TPSA) is 75.8 Å². The van der Waals surface area contributed by atoms with Crippen molar-refractivity contribution in [2.24, 2.45) is 0 Å². The molecular formula is C14H20N2O3. The van der Waals surface area contributed by atoms with Gasteiger partial charge in [0.25, 0.3) is 0 Å². The van der Waals surface area contributed by atoms with Crippen molar-refractivity contribution >= 4 is 17.3 Å². The summed E-state index contributed by atoms with van der Waals surface area (Å²) in [5, 5.41) is 9.25. The number of anilines is 2. The molecule has 0 amide bonds. The zero-order valence-corrected chi connectivity index (χ0v) is 11.1. The van der Waals surface area contributed by atoms with Gasteiger partial charge in [-0.1, -0.05) is 6.07 Å². The van der Waals surface area contributed by atoms with Crippen molar-refractivity contribution in [3.63, 3.8) is 0 Å². The SMILES string of the molecule is CCOC1CCN(c2c(N)cccc2C(=O)O)CC1. The number of carboxylic acids is 1. The zero-order valence-electron chi connectivity index (χ0n) is 11.1. The average molecular weight is 264 g/mol. The summed E-state index contributed by atoms with van der Waals surface area (Å²) in [6.45, 7) is 4.26. The second-order valence-corrected chi connectivity index (χ2v) is 4.69. The number of hydrogen-bond acceptors (Lipinski definition) is 4. The van der Waals surface area contributed by atoms with E-state index < -0.39 is 5.97 Å². The van der Waals surface area contributed by atoms with E-state index in [9.17, 15) is 9.90 Å². The number of piperidine rings is 1. The molecule has 1 fully saturated rings. The van der Waals surface area contributed by atoms with Crippen LogP contribution in [0.5, 0.6) is 0 Å². The Morgan fingerprint density at radius 1 is 1.47 bits per heavy atom. The van der Waals surface area contributed by atoms with E-state index in [4.69, 9.17) is 10.5 Å². The summed E-state index contributed by atoms with van der Waals surface area (Å²) < 4.78 is 5.60. The molecule has 5 nitrogen and oxygen atoms in total. The van der Waals surface area contributed by atoms with Crippen molar-refractivity contribution in [3.8, 4) is 0 Å². The minimum Gasteiger partial charge on any atom is -0.478 e. The lowest BCUT2D eigenvalue weighted by Crippen LogP contribution is -2.38. The lowest BCUT2D eigenvalue weighted by atomic mass is 10.0. The summed E-state index contributed by atoms with van der Waals surface area (Å²) in [5.41, 5.74) is 7.39. The summed E-state index contributed by atoms with van der Waals surface area (Å²) >= 11 is 0. The fourth-order valence-electron chi connectivity index (χ4n) is 2.57. The molecule has 2 rings (SSSR count). The number of nitrogens with two attached hydrogens (primary N) is 1. The highest BCUT2D eigenvalue weighted by atomic mass is 16.5. The van der Waals surface area contributed by atoms with E-state index in [0.717, 1.165) is 32.5 Å². The number of nitrogens with zero attached hydrogens (tertiary/aromatic N) is 1. The molecule has 0 radical (unpaired) electrons. The molecule has 1 aliphatic heterocycles. The molecule has 0 bridgehead atoms. The number of benzene rings is 1. The quantitative estimate of drug-likeness (QED) is 0.813. The van der Waals surface area contributed by atoms with Crippen molar-refractivity contribution in [1.82, 2.24) is 0 Å². The lowest BCUT2D eigenvalue weighted by Gasteiger charge is -2.34. The van der Waals surface area contributed by atoms with Gasteiger partial charge in [-0.15, -0.1) is 0 Å². The Bertz CT molecular complexity index is 454. The van der Waals surface area contributed by atoms with Crippen LogP contribution in [0, 0.1) is 0 Å². The summed E-state index contributed by atoms with van der Waals surface area (Å²) in [7, 11) is 0. The van der Waals surface area contributed by atoms with Gasteiger partial charge in [0.2, 0.25) is 0 Å². The van der Waals surface area contributed by atoms with Crippen molar-refractivity contribution in [1.29, 1.82) is 0 Å².